The maximum absolute atomic E-state index is 2.64. The number of fused-ring (bicyclic) bond motifs is 5. The standard InChI is InChI=1S/C59H52N2S/c1-3-13-46(14-4-1)60(48-25-23-43(24-26-48)58-35-38-29-39(36-58)31-40(30-38)37-58)52-18-9-11-41-32-44-21-22-45-33-42-12-10-19-53(57(42)59(44,45)56(41)52)61(47-15-5-2-6-16-47)49-27-28-51-50-17-7-8-20-54(50)62-55(51)34-49/h1-20,23-28,34,38-40,44-45H,21-22,29-33,35-37H2. The highest BCUT2D eigenvalue weighted by Gasteiger charge is 2.62. The Balaban J connectivity index is 0.952. The van der Waals surface area contributed by atoms with E-state index in [1.807, 2.05) is 11.3 Å². The molecule has 7 aromatic carbocycles. The maximum atomic E-state index is 2.64. The number of anilines is 6. The van der Waals surface area contributed by atoms with Crippen molar-refractivity contribution in [2.45, 2.75) is 75.0 Å². The molecule has 0 radical (unpaired) electrons. The van der Waals surface area contributed by atoms with E-state index in [1.54, 1.807) is 22.3 Å². The van der Waals surface area contributed by atoms with Crippen LogP contribution < -0.4 is 9.80 Å². The Labute approximate surface area is 369 Å². The molecule has 304 valence electrons. The summed E-state index contributed by atoms with van der Waals surface area (Å²) in [7, 11) is 0. The lowest BCUT2D eigenvalue weighted by molar-refractivity contribution is -0.00518. The summed E-state index contributed by atoms with van der Waals surface area (Å²) < 4.78 is 2.69. The van der Waals surface area contributed by atoms with E-state index in [0.717, 1.165) is 30.6 Å². The predicted molar refractivity (Wildman–Crippen MR) is 259 cm³/mol. The smallest absolute Gasteiger partial charge is 0.0505 e. The molecule has 1 heterocycles. The molecular weight excluding hydrogens is 769 g/mol. The molecule has 7 aliphatic rings. The van der Waals surface area contributed by atoms with Gasteiger partial charge in [-0.3, -0.25) is 0 Å². The lowest BCUT2D eigenvalue weighted by atomic mass is 9.48. The van der Waals surface area contributed by atoms with Gasteiger partial charge in [-0.2, -0.15) is 0 Å². The summed E-state index contributed by atoms with van der Waals surface area (Å²) in [5, 5.41) is 2.69. The van der Waals surface area contributed by atoms with Crippen molar-refractivity contribution in [3.8, 4) is 0 Å². The third-order valence-corrected chi connectivity index (χ3v) is 18.2. The average molecular weight is 821 g/mol. The van der Waals surface area contributed by atoms with Crippen LogP contribution in [0.3, 0.4) is 0 Å². The van der Waals surface area contributed by atoms with Gasteiger partial charge in [0.2, 0.25) is 0 Å². The molecule has 1 spiro atoms. The number of hydrogen-bond acceptors (Lipinski definition) is 3. The molecule has 2 nitrogen and oxygen atoms in total. The summed E-state index contributed by atoms with van der Waals surface area (Å²) >= 11 is 1.91. The first-order valence-electron chi connectivity index (χ1n) is 23.6. The van der Waals surface area contributed by atoms with Gasteiger partial charge >= 0.3 is 0 Å². The normalized spacial score (nSPS) is 27.3. The molecule has 5 saturated carbocycles. The lowest BCUT2D eigenvalue weighted by Gasteiger charge is -2.57. The molecule has 0 amide bonds. The van der Waals surface area contributed by atoms with Gasteiger partial charge in [-0.05, 0) is 194 Å². The van der Waals surface area contributed by atoms with Gasteiger partial charge in [0.05, 0.1) is 11.4 Å². The van der Waals surface area contributed by atoms with Crippen LogP contribution in [0.25, 0.3) is 20.2 Å². The fourth-order valence-electron chi connectivity index (χ4n) is 15.3. The van der Waals surface area contributed by atoms with Crippen molar-refractivity contribution in [2.24, 2.45) is 29.6 Å². The van der Waals surface area contributed by atoms with Gasteiger partial charge in [-0.25, -0.2) is 0 Å². The molecule has 5 fully saturated rings. The number of benzene rings is 7. The number of thiophene rings is 1. The fraction of sp³-hybridized carbons (Fsp3) is 0.288. The number of rotatable bonds is 7. The van der Waals surface area contributed by atoms with Crippen LogP contribution in [0, 0.1) is 29.6 Å². The van der Waals surface area contributed by atoms with Gasteiger partial charge in [0.25, 0.3) is 0 Å². The summed E-state index contributed by atoms with van der Waals surface area (Å²) in [6, 6.07) is 63.2. The van der Waals surface area contributed by atoms with Crippen LogP contribution in [0.1, 0.15) is 79.2 Å². The molecule has 4 bridgehead atoms. The third-order valence-electron chi connectivity index (χ3n) is 17.1. The minimum atomic E-state index is -0.0846. The Hall–Kier alpha value is -5.64. The van der Waals surface area contributed by atoms with E-state index in [9.17, 15) is 0 Å². The second-order valence-electron chi connectivity index (χ2n) is 20.2. The maximum Gasteiger partial charge on any atom is 0.0505 e. The molecule has 7 aliphatic carbocycles. The minimum Gasteiger partial charge on any atom is -0.310 e. The Morgan fingerprint density at radius 1 is 0.435 bits per heavy atom. The van der Waals surface area contributed by atoms with E-state index in [4.69, 9.17) is 0 Å². The number of hydrogen-bond donors (Lipinski definition) is 0. The Morgan fingerprint density at radius 3 is 1.53 bits per heavy atom. The molecule has 15 rings (SSSR count). The van der Waals surface area contributed by atoms with Crippen LogP contribution in [0.15, 0.2) is 164 Å². The van der Waals surface area contributed by atoms with Gasteiger partial charge in [-0.1, -0.05) is 97.1 Å². The van der Waals surface area contributed by atoms with Gasteiger partial charge in [0.1, 0.15) is 0 Å². The van der Waals surface area contributed by atoms with Gasteiger partial charge in [0, 0.05) is 48.3 Å². The average Bonchev–Trinajstić information content (AvgIpc) is 4.04. The fourth-order valence-corrected chi connectivity index (χ4v) is 16.5. The molecule has 1 aromatic heterocycles. The quantitative estimate of drug-likeness (QED) is 0.158. The SMILES string of the molecule is c1ccc(N(c2ccc(C34CC5CC(CC(C5)C3)C4)cc2)c2cccc3c2C24c5c(cccc5N(c5ccccc5)c5ccc6c(c5)sc5ccccc56)CC2CCC4C3)cc1. The highest BCUT2D eigenvalue weighted by atomic mass is 32.1. The van der Waals surface area contributed by atoms with Gasteiger partial charge in [0.15, 0.2) is 0 Å². The van der Waals surface area contributed by atoms with E-state index in [0.29, 0.717) is 17.3 Å². The molecular formula is C59H52N2S. The zero-order valence-corrected chi connectivity index (χ0v) is 36.2. The van der Waals surface area contributed by atoms with Crippen molar-refractivity contribution in [2.75, 3.05) is 9.80 Å². The molecule has 3 atom stereocenters. The van der Waals surface area contributed by atoms with Gasteiger partial charge in [-0.15, -0.1) is 11.3 Å². The number of para-hydroxylation sites is 2. The Kier molecular flexibility index (Phi) is 7.78. The lowest BCUT2D eigenvalue weighted by Crippen LogP contribution is -2.48. The van der Waals surface area contributed by atoms with Crippen molar-refractivity contribution >= 4 is 65.6 Å². The molecule has 62 heavy (non-hydrogen) atoms. The molecule has 8 aromatic rings. The largest absolute Gasteiger partial charge is 0.310 e. The predicted octanol–water partition coefficient (Wildman–Crippen LogP) is 15.9. The molecule has 0 saturated heterocycles. The van der Waals surface area contributed by atoms with Crippen molar-refractivity contribution < 1.29 is 0 Å². The molecule has 0 N–H and O–H groups in total. The van der Waals surface area contributed by atoms with Crippen molar-refractivity contribution in [1.29, 1.82) is 0 Å². The van der Waals surface area contributed by atoms with Crippen LogP contribution in [0.5, 0.6) is 0 Å². The van der Waals surface area contributed by atoms with Crippen LogP contribution >= 0.6 is 11.3 Å². The van der Waals surface area contributed by atoms with Crippen molar-refractivity contribution in [1.82, 2.24) is 0 Å². The van der Waals surface area contributed by atoms with Crippen LogP contribution in [0.4, 0.5) is 34.1 Å². The Morgan fingerprint density at radius 2 is 0.935 bits per heavy atom. The van der Waals surface area contributed by atoms with E-state index in [-0.39, 0.29) is 5.41 Å². The summed E-state index contributed by atoms with van der Waals surface area (Å²) in [6.07, 6.45) is 13.5. The molecule has 3 heteroatoms. The number of nitrogens with zero attached hydrogens (tertiary/aromatic N) is 2. The van der Waals surface area contributed by atoms with Crippen LogP contribution in [-0.4, -0.2) is 0 Å². The van der Waals surface area contributed by atoms with Crippen LogP contribution in [0.2, 0.25) is 0 Å². The zero-order chi connectivity index (χ0) is 40.6. The van der Waals surface area contributed by atoms with Crippen molar-refractivity contribution in [3.63, 3.8) is 0 Å². The van der Waals surface area contributed by atoms with E-state index in [2.05, 4.69) is 174 Å². The summed E-state index contributed by atoms with van der Waals surface area (Å²) in [4.78, 5) is 5.24. The Bertz CT molecular complexity index is 2990. The van der Waals surface area contributed by atoms with Gasteiger partial charge < -0.3 is 9.80 Å². The monoisotopic (exact) mass is 820 g/mol. The van der Waals surface area contributed by atoms with Crippen LogP contribution in [-0.2, 0) is 23.7 Å². The summed E-state index contributed by atoms with van der Waals surface area (Å²) in [6.45, 7) is 0. The highest BCUT2D eigenvalue weighted by Crippen LogP contribution is 2.69. The minimum absolute atomic E-state index is 0.0846. The van der Waals surface area contributed by atoms with Crippen molar-refractivity contribution in [3.05, 3.63) is 192 Å². The highest BCUT2D eigenvalue weighted by molar-refractivity contribution is 7.25. The van der Waals surface area contributed by atoms with E-state index >= 15 is 0 Å². The van der Waals surface area contributed by atoms with E-state index in [1.165, 1.54) is 111 Å². The topological polar surface area (TPSA) is 6.48 Å². The summed E-state index contributed by atoms with van der Waals surface area (Å²) in [5.74, 6) is 3.94. The first-order valence-corrected chi connectivity index (χ1v) is 24.4. The molecule has 3 unspecified atom stereocenters. The first-order chi connectivity index (χ1) is 30.6. The second-order valence-corrected chi connectivity index (χ2v) is 21.3. The third kappa shape index (κ3) is 5.09. The molecule has 0 aliphatic heterocycles. The summed E-state index contributed by atoms with van der Waals surface area (Å²) in [5.41, 5.74) is 15.8. The van der Waals surface area contributed by atoms with E-state index < -0.39 is 0 Å². The first kappa shape index (κ1) is 35.9. The zero-order valence-electron chi connectivity index (χ0n) is 35.3. The second kappa shape index (κ2) is 13.4.